The van der Waals surface area contributed by atoms with Crippen molar-refractivity contribution in [3.05, 3.63) is 60.4 Å². The molecule has 3 aromatic heterocycles. The summed E-state index contributed by atoms with van der Waals surface area (Å²) in [6, 6.07) is 7.73. The predicted octanol–water partition coefficient (Wildman–Crippen LogP) is 4.30. The van der Waals surface area contributed by atoms with E-state index in [9.17, 15) is 14.0 Å². The molecule has 0 bridgehead atoms. The van der Waals surface area contributed by atoms with Gasteiger partial charge >= 0.3 is 5.97 Å². The molecule has 0 spiro atoms. The highest BCUT2D eigenvalue weighted by Crippen LogP contribution is 2.39. The van der Waals surface area contributed by atoms with E-state index in [1.165, 1.54) is 23.5 Å². The summed E-state index contributed by atoms with van der Waals surface area (Å²) in [5.41, 5.74) is 1.90. The second-order valence-corrected chi connectivity index (χ2v) is 7.80. The third-order valence-electron chi connectivity index (χ3n) is 4.42. The van der Waals surface area contributed by atoms with Gasteiger partial charge < -0.3 is 14.0 Å². The molecule has 0 aliphatic heterocycles. The Labute approximate surface area is 181 Å². The topological polar surface area (TPSA) is 83.3 Å². The van der Waals surface area contributed by atoms with E-state index in [1.54, 1.807) is 31.6 Å². The highest BCUT2D eigenvalue weighted by molar-refractivity contribution is 7.22. The van der Waals surface area contributed by atoms with Gasteiger partial charge in [-0.05, 0) is 30.7 Å². The van der Waals surface area contributed by atoms with Crippen molar-refractivity contribution in [3.63, 3.8) is 0 Å². The molecule has 3 heterocycles. The van der Waals surface area contributed by atoms with Crippen LogP contribution in [0.4, 0.5) is 4.39 Å². The average molecular weight is 439 g/mol. The van der Waals surface area contributed by atoms with E-state index in [1.807, 2.05) is 23.9 Å². The SMILES string of the molecule is CCOC(=O)C(=O)Cc1ccc(Oc2ccnc3cc(-c4cn(C)cn4)sc23)c(F)c1. The normalized spacial score (nSPS) is 10.9. The van der Waals surface area contributed by atoms with E-state index in [0.717, 1.165) is 20.8 Å². The Balaban J connectivity index is 1.57. The summed E-state index contributed by atoms with van der Waals surface area (Å²) in [5, 5.41) is 0. The Hall–Kier alpha value is -3.59. The standard InChI is InChI=1S/C22H18FN3O4S/c1-3-29-22(28)17(27)9-13-4-5-18(14(23)8-13)30-19-6-7-24-15-10-20(31-21(15)19)16-11-26(2)12-25-16/h4-8,10-12H,3,9H2,1-2H3. The summed E-state index contributed by atoms with van der Waals surface area (Å²) in [4.78, 5) is 32.9. The first-order valence-corrected chi connectivity index (χ1v) is 10.3. The maximum absolute atomic E-state index is 14.6. The number of fused-ring (bicyclic) bond motifs is 1. The van der Waals surface area contributed by atoms with Gasteiger partial charge in [-0.3, -0.25) is 9.78 Å². The van der Waals surface area contributed by atoms with Gasteiger partial charge in [0.05, 0.1) is 33.7 Å². The lowest BCUT2D eigenvalue weighted by molar-refractivity contribution is -0.153. The molecule has 0 aliphatic rings. The number of hydrogen-bond acceptors (Lipinski definition) is 7. The molecule has 0 fully saturated rings. The minimum absolute atomic E-state index is 0.00706. The van der Waals surface area contributed by atoms with Crippen molar-refractivity contribution in [2.45, 2.75) is 13.3 Å². The Bertz CT molecular complexity index is 1280. The van der Waals surface area contributed by atoms with Gasteiger partial charge in [-0.2, -0.15) is 0 Å². The second kappa shape index (κ2) is 8.65. The fraction of sp³-hybridized carbons (Fsp3) is 0.182. The van der Waals surface area contributed by atoms with Crippen molar-refractivity contribution in [1.82, 2.24) is 14.5 Å². The number of esters is 1. The number of thiophene rings is 1. The lowest BCUT2D eigenvalue weighted by atomic mass is 10.1. The summed E-state index contributed by atoms with van der Waals surface area (Å²) in [6.07, 6.45) is 4.97. The fourth-order valence-corrected chi connectivity index (χ4v) is 4.01. The van der Waals surface area contributed by atoms with Crippen LogP contribution in [0, 0.1) is 5.82 Å². The number of pyridine rings is 1. The van der Waals surface area contributed by atoms with Gasteiger partial charge in [-0.15, -0.1) is 11.3 Å². The number of carbonyl (C=O) groups excluding carboxylic acids is 2. The molecular formula is C22H18FN3O4S. The van der Waals surface area contributed by atoms with Crippen molar-refractivity contribution < 1.29 is 23.5 Å². The minimum atomic E-state index is -0.927. The molecule has 0 unspecified atom stereocenters. The van der Waals surface area contributed by atoms with Crippen molar-refractivity contribution in [2.75, 3.05) is 6.61 Å². The molecule has 4 aromatic rings. The van der Waals surface area contributed by atoms with Crippen molar-refractivity contribution in [2.24, 2.45) is 7.05 Å². The molecule has 9 heteroatoms. The first-order valence-electron chi connectivity index (χ1n) is 9.47. The number of ketones is 1. The number of ether oxygens (including phenoxy) is 2. The first kappa shape index (κ1) is 20.7. The summed E-state index contributed by atoms with van der Waals surface area (Å²) < 4.78 is 27.7. The van der Waals surface area contributed by atoms with Crippen LogP contribution in [-0.2, 0) is 27.8 Å². The number of halogens is 1. The highest BCUT2D eigenvalue weighted by Gasteiger charge is 2.18. The van der Waals surface area contributed by atoms with Crippen LogP contribution < -0.4 is 4.74 Å². The minimum Gasteiger partial charge on any atom is -0.460 e. The molecule has 31 heavy (non-hydrogen) atoms. The number of nitrogens with zero attached hydrogens (tertiary/aromatic N) is 3. The van der Waals surface area contributed by atoms with Crippen LogP contribution in [0.3, 0.4) is 0 Å². The third-order valence-corrected chi connectivity index (χ3v) is 5.58. The van der Waals surface area contributed by atoms with Gasteiger partial charge in [-0.25, -0.2) is 14.2 Å². The van der Waals surface area contributed by atoms with E-state index >= 15 is 0 Å². The van der Waals surface area contributed by atoms with Gasteiger partial charge in [0.1, 0.15) is 5.75 Å². The monoisotopic (exact) mass is 439 g/mol. The molecular weight excluding hydrogens is 421 g/mol. The number of aromatic nitrogens is 3. The Kier molecular flexibility index (Phi) is 5.77. The van der Waals surface area contributed by atoms with Gasteiger partial charge in [-0.1, -0.05) is 6.07 Å². The van der Waals surface area contributed by atoms with Crippen molar-refractivity contribution >= 4 is 33.3 Å². The maximum atomic E-state index is 14.6. The van der Waals surface area contributed by atoms with Crippen LogP contribution in [0.2, 0.25) is 0 Å². The number of carbonyl (C=O) groups is 2. The van der Waals surface area contributed by atoms with Crippen LogP contribution in [-0.4, -0.2) is 32.9 Å². The quantitative estimate of drug-likeness (QED) is 0.315. The van der Waals surface area contributed by atoms with Gasteiger partial charge in [0.15, 0.2) is 11.6 Å². The number of aryl methyl sites for hydroxylation is 1. The molecule has 0 aliphatic carbocycles. The zero-order valence-electron chi connectivity index (χ0n) is 16.8. The fourth-order valence-electron chi connectivity index (χ4n) is 2.99. The van der Waals surface area contributed by atoms with Crippen LogP contribution in [0.5, 0.6) is 11.5 Å². The smallest absolute Gasteiger partial charge is 0.374 e. The number of benzene rings is 1. The molecule has 0 atom stereocenters. The summed E-state index contributed by atoms with van der Waals surface area (Å²) in [5.74, 6) is -1.82. The van der Waals surface area contributed by atoms with E-state index < -0.39 is 17.6 Å². The molecule has 7 nitrogen and oxygen atoms in total. The van der Waals surface area contributed by atoms with Crippen molar-refractivity contribution in [3.8, 4) is 22.1 Å². The molecule has 0 saturated heterocycles. The zero-order valence-corrected chi connectivity index (χ0v) is 17.6. The van der Waals surface area contributed by atoms with Crippen LogP contribution >= 0.6 is 11.3 Å². The molecule has 158 valence electrons. The van der Waals surface area contributed by atoms with Crippen LogP contribution in [0.15, 0.2) is 49.1 Å². The molecule has 0 saturated carbocycles. The van der Waals surface area contributed by atoms with Crippen LogP contribution in [0.25, 0.3) is 20.8 Å². The third kappa shape index (κ3) is 4.46. The largest absolute Gasteiger partial charge is 0.460 e. The lowest BCUT2D eigenvalue weighted by Gasteiger charge is -2.09. The Morgan fingerprint density at radius 1 is 1.16 bits per heavy atom. The van der Waals surface area contributed by atoms with E-state index in [4.69, 9.17) is 4.74 Å². The Morgan fingerprint density at radius 3 is 2.71 bits per heavy atom. The van der Waals surface area contributed by atoms with Gasteiger partial charge in [0.25, 0.3) is 0 Å². The number of imidazole rings is 1. The van der Waals surface area contributed by atoms with E-state index in [2.05, 4.69) is 14.7 Å². The van der Waals surface area contributed by atoms with E-state index in [0.29, 0.717) is 11.3 Å². The van der Waals surface area contributed by atoms with Crippen LogP contribution in [0.1, 0.15) is 12.5 Å². The van der Waals surface area contributed by atoms with Crippen molar-refractivity contribution in [1.29, 1.82) is 0 Å². The molecule has 0 amide bonds. The number of Topliss-reactive ketones (excluding diaryl/α,β-unsaturated/α-hetero) is 1. The molecule has 4 rings (SSSR count). The number of rotatable bonds is 7. The second-order valence-electron chi connectivity index (χ2n) is 6.75. The van der Waals surface area contributed by atoms with E-state index in [-0.39, 0.29) is 18.8 Å². The highest BCUT2D eigenvalue weighted by atomic mass is 32.1. The summed E-state index contributed by atoms with van der Waals surface area (Å²) in [7, 11) is 1.89. The average Bonchev–Trinajstić information content (AvgIpc) is 3.36. The Morgan fingerprint density at radius 2 is 2.00 bits per heavy atom. The summed E-state index contributed by atoms with van der Waals surface area (Å²) in [6.45, 7) is 1.72. The zero-order chi connectivity index (χ0) is 22.0. The molecule has 0 radical (unpaired) electrons. The number of hydrogen-bond donors (Lipinski definition) is 0. The lowest BCUT2D eigenvalue weighted by Crippen LogP contribution is -2.19. The first-order chi connectivity index (χ1) is 14.9. The van der Waals surface area contributed by atoms with Gasteiger partial charge in [0, 0.05) is 31.9 Å². The summed E-state index contributed by atoms with van der Waals surface area (Å²) >= 11 is 1.45. The van der Waals surface area contributed by atoms with Gasteiger partial charge in [0.2, 0.25) is 5.78 Å². The molecule has 0 N–H and O–H groups in total. The predicted molar refractivity (Wildman–Crippen MR) is 114 cm³/mol. The molecule has 1 aromatic carbocycles. The maximum Gasteiger partial charge on any atom is 0.374 e.